The van der Waals surface area contributed by atoms with Crippen molar-refractivity contribution >= 4 is 6.29 Å². The van der Waals surface area contributed by atoms with Crippen molar-refractivity contribution in [1.29, 1.82) is 0 Å². The van der Waals surface area contributed by atoms with Gasteiger partial charge in [0.25, 0.3) is 0 Å². The molecule has 0 unspecified atom stereocenters. The quantitative estimate of drug-likeness (QED) is 0.741. The second kappa shape index (κ2) is 4.24. The predicted molar refractivity (Wildman–Crippen MR) is 55.6 cm³/mol. The van der Waals surface area contributed by atoms with Gasteiger partial charge in [0.1, 0.15) is 12.0 Å². The van der Waals surface area contributed by atoms with Gasteiger partial charge in [-0.2, -0.15) is 0 Å². The number of hydrogen-bond donors (Lipinski definition) is 1. The van der Waals surface area contributed by atoms with E-state index in [2.05, 4.69) is 0 Å². The van der Waals surface area contributed by atoms with Crippen molar-refractivity contribution in [1.82, 2.24) is 4.90 Å². The third-order valence-corrected chi connectivity index (χ3v) is 2.22. The summed E-state index contributed by atoms with van der Waals surface area (Å²) >= 11 is 0. The van der Waals surface area contributed by atoms with E-state index in [9.17, 15) is 9.90 Å². The minimum Gasteiger partial charge on any atom is -0.508 e. The van der Waals surface area contributed by atoms with Gasteiger partial charge >= 0.3 is 0 Å². The number of aldehydes is 1. The first-order valence-electron chi connectivity index (χ1n) is 4.47. The lowest BCUT2D eigenvalue weighted by Crippen LogP contribution is -2.12. The largest absolute Gasteiger partial charge is 0.508 e. The lowest BCUT2D eigenvalue weighted by atomic mass is 10.0. The SMILES string of the molecule is Cc1c(C=O)ccc(O)c1CN(C)C. The molecule has 0 aromatic heterocycles. The van der Waals surface area contributed by atoms with Crippen LogP contribution in [0, 0.1) is 6.92 Å². The van der Waals surface area contributed by atoms with E-state index >= 15 is 0 Å². The zero-order valence-corrected chi connectivity index (χ0v) is 8.74. The molecule has 0 spiro atoms. The molecule has 0 saturated carbocycles. The molecule has 0 bridgehead atoms. The zero-order valence-electron chi connectivity index (χ0n) is 8.74. The van der Waals surface area contributed by atoms with Gasteiger partial charge in [-0.15, -0.1) is 0 Å². The van der Waals surface area contributed by atoms with Crippen LogP contribution >= 0.6 is 0 Å². The number of carbonyl (C=O) groups is 1. The molecule has 1 aromatic rings. The van der Waals surface area contributed by atoms with E-state index in [1.165, 1.54) is 0 Å². The Morgan fingerprint density at radius 1 is 1.43 bits per heavy atom. The Morgan fingerprint density at radius 2 is 2.07 bits per heavy atom. The van der Waals surface area contributed by atoms with Gasteiger partial charge < -0.3 is 10.0 Å². The highest BCUT2D eigenvalue weighted by molar-refractivity contribution is 5.78. The van der Waals surface area contributed by atoms with Crippen molar-refractivity contribution in [2.45, 2.75) is 13.5 Å². The minimum absolute atomic E-state index is 0.252. The highest BCUT2D eigenvalue weighted by Crippen LogP contribution is 2.24. The van der Waals surface area contributed by atoms with E-state index < -0.39 is 0 Å². The lowest BCUT2D eigenvalue weighted by molar-refractivity contribution is 0.112. The predicted octanol–water partition coefficient (Wildman–Crippen LogP) is 1.57. The van der Waals surface area contributed by atoms with Crippen molar-refractivity contribution < 1.29 is 9.90 Å². The maximum atomic E-state index is 10.7. The van der Waals surface area contributed by atoms with Crippen molar-refractivity contribution in [3.8, 4) is 5.75 Å². The van der Waals surface area contributed by atoms with Crippen molar-refractivity contribution in [3.63, 3.8) is 0 Å². The minimum atomic E-state index is 0.252. The van der Waals surface area contributed by atoms with Crippen LogP contribution in [-0.2, 0) is 6.54 Å². The van der Waals surface area contributed by atoms with Crippen LogP contribution in [0.25, 0.3) is 0 Å². The molecule has 76 valence electrons. The van der Waals surface area contributed by atoms with Gasteiger partial charge in [-0.3, -0.25) is 4.79 Å². The molecule has 0 heterocycles. The van der Waals surface area contributed by atoms with Gasteiger partial charge in [-0.1, -0.05) is 0 Å². The summed E-state index contributed by atoms with van der Waals surface area (Å²) in [5.41, 5.74) is 2.31. The Labute approximate surface area is 84.0 Å². The van der Waals surface area contributed by atoms with Crippen LogP contribution in [0.3, 0.4) is 0 Å². The van der Waals surface area contributed by atoms with Crippen LogP contribution in [0.5, 0.6) is 5.75 Å². The molecule has 3 heteroatoms. The number of benzene rings is 1. The van der Waals surface area contributed by atoms with Crippen LogP contribution in [-0.4, -0.2) is 30.4 Å². The number of carbonyl (C=O) groups excluding carboxylic acids is 1. The molecule has 14 heavy (non-hydrogen) atoms. The summed E-state index contributed by atoms with van der Waals surface area (Å²) in [6.07, 6.45) is 0.813. The lowest BCUT2D eigenvalue weighted by Gasteiger charge is -2.14. The van der Waals surface area contributed by atoms with Gasteiger partial charge in [0, 0.05) is 17.7 Å². The first kappa shape index (κ1) is 10.7. The molecule has 0 aliphatic carbocycles. The Balaban J connectivity index is 3.18. The van der Waals surface area contributed by atoms with Crippen molar-refractivity contribution in [3.05, 3.63) is 28.8 Å². The monoisotopic (exact) mass is 193 g/mol. The molecule has 3 nitrogen and oxygen atoms in total. The number of phenolic OH excluding ortho intramolecular Hbond substituents is 1. The fourth-order valence-corrected chi connectivity index (χ4v) is 1.40. The molecular formula is C11H15NO2. The van der Waals surface area contributed by atoms with Crippen molar-refractivity contribution in [2.75, 3.05) is 14.1 Å². The second-order valence-corrected chi connectivity index (χ2v) is 3.63. The number of aromatic hydroxyl groups is 1. The van der Waals surface area contributed by atoms with E-state index in [4.69, 9.17) is 0 Å². The molecule has 1 rings (SSSR count). The average molecular weight is 193 g/mol. The normalized spacial score (nSPS) is 10.6. The maximum Gasteiger partial charge on any atom is 0.150 e. The van der Waals surface area contributed by atoms with Crippen LogP contribution in [0.1, 0.15) is 21.5 Å². The van der Waals surface area contributed by atoms with Crippen molar-refractivity contribution in [2.24, 2.45) is 0 Å². The van der Waals surface area contributed by atoms with E-state index in [1.807, 2.05) is 25.9 Å². The third-order valence-electron chi connectivity index (χ3n) is 2.22. The molecule has 0 aliphatic heterocycles. The number of phenols is 1. The number of rotatable bonds is 3. The van der Waals surface area contributed by atoms with Gasteiger partial charge in [-0.05, 0) is 38.7 Å². The second-order valence-electron chi connectivity index (χ2n) is 3.63. The topological polar surface area (TPSA) is 40.5 Å². The third kappa shape index (κ3) is 2.12. The summed E-state index contributed by atoms with van der Waals surface area (Å²) in [5.74, 6) is 0.252. The van der Waals surface area contributed by atoms with E-state index in [0.29, 0.717) is 12.1 Å². The zero-order chi connectivity index (χ0) is 10.7. The highest BCUT2D eigenvalue weighted by Gasteiger charge is 2.09. The first-order chi connectivity index (χ1) is 6.56. The van der Waals surface area contributed by atoms with Gasteiger partial charge in [0.15, 0.2) is 0 Å². The highest BCUT2D eigenvalue weighted by atomic mass is 16.3. The van der Waals surface area contributed by atoms with Gasteiger partial charge in [0.05, 0.1) is 0 Å². The Kier molecular flexibility index (Phi) is 3.25. The molecule has 0 aliphatic rings. The molecule has 0 radical (unpaired) electrons. The van der Waals surface area contributed by atoms with E-state index in [1.54, 1.807) is 12.1 Å². The van der Waals surface area contributed by atoms with Crippen LogP contribution in [0.15, 0.2) is 12.1 Å². The molecular weight excluding hydrogens is 178 g/mol. The maximum absolute atomic E-state index is 10.7. The Bertz CT molecular complexity index is 345. The smallest absolute Gasteiger partial charge is 0.150 e. The fourth-order valence-electron chi connectivity index (χ4n) is 1.40. The number of nitrogens with zero attached hydrogens (tertiary/aromatic N) is 1. The summed E-state index contributed by atoms with van der Waals surface area (Å²) in [6, 6.07) is 3.20. The average Bonchev–Trinajstić information content (AvgIpc) is 2.12. The molecule has 1 N–H and O–H groups in total. The van der Waals surface area contributed by atoms with Crippen LogP contribution in [0.4, 0.5) is 0 Å². The summed E-state index contributed by atoms with van der Waals surface area (Å²) in [4.78, 5) is 12.6. The summed E-state index contributed by atoms with van der Waals surface area (Å²) < 4.78 is 0. The molecule has 0 fully saturated rings. The summed E-state index contributed by atoms with van der Waals surface area (Å²) in [6.45, 7) is 2.49. The van der Waals surface area contributed by atoms with Crippen LogP contribution < -0.4 is 0 Å². The molecule has 1 aromatic carbocycles. The Hall–Kier alpha value is -1.35. The number of hydrogen-bond acceptors (Lipinski definition) is 3. The standard InChI is InChI=1S/C11H15NO2/c1-8-9(7-13)4-5-11(14)10(8)6-12(2)3/h4-5,7,14H,6H2,1-3H3. The first-order valence-corrected chi connectivity index (χ1v) is 4.47. The summed E-state index contributed by atoms with van der Waals surface area (Å²) in [7, 11) is 3.85. The molecule has 0 atom stereocenters. The van der Waals surface area contributed by atoms with E-state index in [-0.39, 0.29) is 5.75 Å². The van der Waals surface area contributed by atoms with E-state index in [0.717, 1.165) is 17.4 Å². The van der Waals surface area contributed by atoms with Crippen LogP contribution in [0.2, 0.25) is 0 Å². The molecule has 0 saturated heterocycles. The van der Waals surface area contributed by atoms with Gasteiger partial charge in [0.2, 0.25) is 0 Å². The fraction of sp³-hybridized carbons (Fsp3) is 0.364. The molecule has 0 amide bonds. The van der Waals surface area contributed by atoms with Gasteiger partial charge in [-0.25, -0.2) is 0 Å². The Morgan fingerprint density at radius 3 is 2.57 bits per heavy atom. The summed E-state index contributed by atoms with van der Waals surface area (Å²) in [5, 5.41) is 9.62.